The van der Waals surface area contributed by atoms with E-state index in [9.17, 15) is 9.18 Å². The molecule has 0 aliphatic carbocycles. The lowest BCUT2D eigenvalue weighted by Gasteiger charge is -2.29. The van der Waals surface area contributed by atoms with E-state index in [0.717, 1.165) is 24.3 Å². The molecule has 1 saturated heterocycles. The van der Waals surface area contributed by atoms with E-state index in [4.69, 9.17) is 4.74 Å². The quantitative estimate of drug-likeness (QED) is 0.536. The number of benzene rings is 1. The van der Waals surface area contributed by atoms with Gasteiger partial charge < -0.3 is 15.0 Å². The molecule has 8 heteroatoms. The zero-order chi connectivity index (χ0) is 25.9. The van der Waals surface area contributed by atoms with Gasteiger partial charge in [0.25, 0.3) is 5.91 Å². The van der Waals surface area contributed by atoms with Crippen molar-refractivity contribution in [3.63, 3.8) is 0 Å². The molecular weight excluding hydrogens is 457 g/mol. The van der Waals surface area contributed by atoms with E-state index in [1.807, 2.05) is 26.8 Å². The predicted molar refractivity (Wildman–Crippen MR) is 139 cm³/mol. The minimum absolute atomic E-state index is 0.0638. The van der Waals surface area contributed by atoms with Crippen LogP contribution in [0.1, 0.15) is 54.9 Å². The first-order valence-corrected chi connectivity index (χ1v) is 11.9. The Hall–Kier alpha value is -3.83. The van der Waals surface area contributed by atoms with Crippen LogP contribution >= 0.6 is 0 Å². The summed E-state index contributed by atoms with van der Waals surface area (Å²) in [7, 11) is 0. The average Bonchev–Trinajstić information content (AvgIpc) is 2.86. The number of aryl methyl sites for hydroxylation is 1. The summed E-state index contributed by atoms with van der Waals surface area (Å²) in [6.45, 7) is 12.4. The molecule has 1 aliphatic heterocycles. The summed E-state index contributed by atoms with van der Waals surface area (Å²) in [5.74, 6) is 4.94. The van der Waals surface area contributed by atoms with E-state index >= 15 is 0 Å². The van der Waals surface area contributed by atoms with Gasteiger partial charge in [-0.3, -0.25) is 9.78 Å². The molecular formula is C28H30FN5O2. The van der Waals surface area contributed by atoms with Crippen LogP contribution in [-0.4, -0.2) is 47.4 Å². The molecule has 0 unspecified atom stereocenters. The van der Waals surface area contributed by atoms with Crippen LogP contribution in [0.2, 0.25) is 0 Å². The number of amides is 1. The number of ether oxygens (including phenoxy) is 1. The van der Waals surface area contributed by atoms with Gasteiger partial charge in [-0.15, -0.1) is 10.2 Å². The highest BCUT2D eigenvalue weighted by atomic mass is 19.1. The van der Waals surface area contributed by atoms with Crippen molar-refractivity contribution in [3.05, 3.63) is 64.9 Å². The fourth-order valence-corrected chi connectivity index (χ4v) is 3.98. The Morgan fingerprint density at radius 1 is 1.11 bits per heavy atom. The highest BCUT2D eigenvalue weighted by Gasteiger charge is 2.20. The van der Waals surface area contributed by atoms with Crippen LogP contribution in [0.4, 0.5) is 15.8 Å². The number of halogens is 1. The van der Waals surface area contributed by atoms with Crippen LogP contribution in [0, 0.1) is 24.6 Å². The van der Waals surface area contributed by atoms with Gasteiger partial charge in [0.15, 0.2) is 5.69 Å². The number of aromatic nitrogens is 3. The Morgan fingerprint density at radius 3 is 2.56 bits per heavy atom. The first-order chi connectivity index (χ1) is 17.2. The molecule has 2 aromatic heterocycles. The highest BCUT2D eigenvalue weighted by molar-refractivity contribution is 6.04. The molecule has 3 aromatic rings. The van der Waals surface area contributed by atoms with Gasteiger partial charge in [0.05, 0.1) is 35.8 Å². The van der Waals surface area contributed by atoms with Crippen LogP contribution < -0.4 is 10.2 Å². The highest BCUT2D eigenvalue weighted by Crippen LogP contribution is 2.31. The summed E-state index contributed by atoms with van der Waals surface area (Å²) >= 11 is 0. The first-order valence-electron chi connectivity index (χ1n) is 11.9. The zero-order valence-corrected chi connectivity index (χ0v) is 21.3. The van der Waals surface area contributed by atoms with Gasteiger partial charge in [-0.05, 0) is 60.6 Å². The average molecular weight is 488 g/mol. The molecule has 7 nitrogen and oxygen atoms in total. The molecule has 0 bridgehead atoms. The summed E-state index contributed by atoms with van der Waals surface area (Å²) in [6.07, 6.45) is 3.21. The lowest BCUT2D eigenvalue weighted by Crippen LogP contribution is -2.36. The van der Waals surface area contributed by atoms with Crippen LogP contribution in [0.3, 0.4) is 0 Å². The number of hydrogen-bond acceptors (Lipinski definition) is 6. The summed E-state index contributed by atoms with van der Waals surface area (Å²) in [6, 6.07) is 6.69. The van der Waals surface area contributed by atoms with E-state index < -0.39 is 11.7 Å². The van der Waals surface area contributed by atoms with Crippen molar-refractivity contribution < 1.29 is 13.9 Å². The molecule has 0 radical (unpaired) electrons. The zero-order valence-electron chi connectivity index (χ0n) is 21.3. The van der Waals surface area contributed by atoms with Crippen molar-refractivity contribution in [2.45, 2.75) is 40.0 Å². The fraction of sp³-hybridized carbons (Fsp3) is 0.357. The number of rotatable bonds is 4. The third-order valence-corrected chi connectivity index (χ3v) is 6.07. The summed E-state index contributed by atoms with van der Waals surface area (Å²) in [5, 5.41) is 11.4. The minimum atomic E-state index is -0.528. The van der Waals surface area contributed by atoms with Crippen molar-refractivity contribution in [3.8, 4) is 23.1 Å². The third-order valence-electron chi connectivity index (χ3n) is 6.07. The van der Waals surface area contributed by atoms with E-state index in [1.165, 1.54) is 12.3 Å². The number of carbonyl (C=O) groups is 1. The second kappa shape index (κ2) is 10.4. The third kappa shape index (κ3) is 5.52. The number of hydrogen-bond donors (Lipinski definition) is 1. The molecule has 4 rings (SSSR count). The molecule has 1 aromatic carbocycles. The maximum Gasteiger partial charge on any atom is 0.257 e. The largest absolute Gasteiger partial charge is 0.378 e. The van der Waals surface area contributed by atoms with E-state index in [-0.39, 0.29) is 11.1 Å². The maximum absolute atomic E-state index is 14.9. The van der Waals surface area contributed by atoms with Crippen molar-refractivity contribution in [1.29, 1.82) is 0 Å². The van der Waals surface area contributed by atoms with Gasteiger partial charge >= 0.3 is 0 Å². The maximum atomic E-state index is 14.9. The topological polar surface area (TPSA) is 80.2 Å². The molecule has 0 atom stereocenters. The lowest BCUT2D eigenvalue weighted by atomic mass is 9.87. The number of anilines is 2. The molecule has 3 heterocycles. The predicted octanol–water partition coefficient (Wildman–Crippen LogP) is 4.74. The Kier molecular flexibility index (Phi) is 7.32. The molecule has 0 spiro atoms. The first kappa shape index (κ1) is 25.3. The Bertz CT molecular complexity index is 1350. The normalized spacial score (nSPS) is 13.7. The molecule has 1 N–H and O–H groups in total. The van der Waals surface area contributed by atoms with E-state index in [0.29, 0.717) is 41.3 Å². The van der Waals surface area contributed by atoms with E-state index in [1.54, 1.807) is 32.2 Å². The summed E-state index contributed by atoms with van der Waals surface area (Å²) in [4.78, 5) is 19.3. The van der Waals surface area contributed by atoms with Gasteiger partial charge in [0, 0.05) is 31.0 Å². The molecule has 0 saturated carbocycles. The molecule has 1 fully saturated rings. The number of carbonyl (C=O) groups excluding carboxylic acids is 1. The van der Waals surface area contributed by atoms with Crippen molar-refractivity contribution in [1.82, 2.24) is 15.2 Å². The summed E-state index contributed by atoms with van der Waals surface area (Å²) in [5.41, 5.74) is 4.54. The van der Waals surface area contributed by atoms with E-state index in [2.05, 4.69) is 37.2 Å². The second-order valence-corrected chi connectivity index (χ2v) is 9.75. The Labute approximate surface area is 211 Å². The van der Waals surface area contributed by atoms with Gasteiger partial charge in [-0.25, -0.2) is 4.39 Å². The molecule has 36 heavy (non-hydrogen) atoms. The van der Waals surface area contributed by atoms with Crippen LogP contribution in [-0.2, 0) is 10.2 Å². The smallest absolute Gasteiger partial charge is 0.257 e. The Morgan fingerprint density at radius 2 is 1.86 bits per heavy atom. The second-order valence-electron chi connectivity index (χ2n) is 9.75. The number of nitrogens with zero attached hydrogens (tertiary/aromatic N) is 4. The summed E-state index contributed by atoms with van der Waals surface area (Å²) < 4.78 is 20.4. The van der Waals surface area contributed by atoms with Crippen LogP contribution in [0.15, 0.2) is 36.7 Å². The van der Waals surface area contributed by atoms with Crippen molar-refractivity contribution >= 4 is 17.3 Å². The standard InChI is InChI=1S/C28H30FN5O2/c1-6-7-23-26(34-8-10-36-11-9-34)15-24(33-32-23)21-14-25(22(29)12-18(21)2)31-27(35)19-13-20(17-30-16-19)28(3,4)5/h12-17H,8-11H2,1-5H3,(H,31,35). The van der Waals surface area contributed by atoms with Gasteiger partial charge in [-0.1, -0.05) is 26.7 Å². The fourth-order valence-electron chi connectivity index (χ4n) is 3.98. The van der Waals surface area contributed by atoms with Crippen molar-refractivity contribution in [2.24, 2.45) is 0 Å². The van der Waals surface area contributed by atoms with Gasteiger partial charge in [0.1, 0.15) is 5.82 Å². The monoisotopic (exact) mass is 487 g/mol. The molecule has 1 amide bonds. The van der Waals surface area contributed by atoms with Gasteiger partial charge in [-0.2, -0.15) is 0 Å². The number of nitrogens with one attached hydrogen (secondary N) is 1. The van der Waals surface area contributed by atoms with Crippen LogP contribution in [0.25, 0.3) is 11.3 Å². The van der Waals surface area contributed by atoms with Gasteiger partial charge in [0.2, 0.25) is 0 Å². The molecule has 1 aliphatic rings. The number of morpholine rings is 1. The Balaban J connectivity index is 1.69. The van der Waals surface area contributed by atoms with Crippen molar-refractivity contribution in [2.75, 3.05) is 36.5 Å². The van der Waals surface area contributed by atoms with Crippen LogP contribution in [0.5, 0.6) is 0 Å². The minimum Gasteiger partial charge on any atom is -0.378 e. The SMILES string of the molecule is CC#Cc1nnc(-c2cc(NC(=O)c3cncc(C(C)(C)C)c3)c(F)cc2C)cc1N1CCOCC1. The lowest BCUT2D eigenvalue weighted by molar-refractivity contribution is 0.102. The molecule has 186 valence electrons. The number of pyridine rings is 1.